The number of methoxy groups -OCH3 is 1. The standard InChI is InChI=1S/C20H27N3O2/c1-24-19-11-5-2-7-16(19)15-22-20(23-17-8-3-4-9-17)21-13-12-18-10-6-14-25-18/h2,5-7,10-11,14,17H,3-4,8-9,12-13,15H2,1H3,(H2,21,22,23). The fraction of sp³-hybridized carbons (Fsp3) is 0.450. The van der Waals surface area contributed by atoms with Crippen LogP contribution >= 0.6 is 0 Å². The molecule has 2 N–H and O–H groups in total. The van der Waals surface area contributed by atoms with Crippen LogP contribution in [0.4, 0.5) is 0 Å². The van der Waals surface area contributed by atoms with Crippen LogP contribution in [0, 0.1) is 0 Å². The maximum Gasteiger partial charge on any atom is 0.191 e. The van der Waals surface area contributed by atoms with Crippen molar-refractivity contribution in [2.75, 3.05) is 13.7 Å². The summed E-state index contributed by atoms with van der Waals surface area (Å²) in [5.74, 6) is 2.73. The van der Waals surface area contributed by atoms with E-state index in [1.807, 2.05) is 30.3 Å². The van der Waals surface area contributed by atoms with Crippen molar-refractivity contribution < 1.29 is 9.15 Å². The molecule has 1 fully saturated rings. The highest BCUT2D eigenvalue weighted by Crippen LogP contribution is 2.19. The Morgan fingerprint density at radius 1 is 1.20 bits per heavy atom. The topological polar surface area (TPSA) is 58.8 Å². The number of benzene rings is 1. The zero-order valence-electron chi connectivity index (χ0n) is 14.8. The first-order chi connectivity index (χ1) is 12.3. The molecule has 3 rings (SSSR count). The summed E-state index contributed by atoms with van der Waals surface area (Å²) in [6.45, 7) is 1.38. The van der Waals surface area contributed by atoms with Gasteiger partial charge in [-0.3, -0.25) is 0 Å². The fourth-order valence-electron chi connectivity index (χ4n) is 3.17. The van der Waals surface area contributed by atoms with Gasteiger partial charge in [-0.05, 0) is 31.0 Å². The molecule has 1 saturated carbocycles. The van der Waals surface area contributed by atoms with Gasteiger partial charge in [0.1, 0.15) is 11.5 Å². The molecule has 5 heteroatoms. The number of aliphatic imine (C=N–C) groups is 1. The van der Waals surface area contributed by atoms with Crippen LogP contribution in [0.15, 0.2) is 52.1 Å². The van der Waals surface area contributed by atoms with Crippen LogP contribution in [0.1, 0.15) is 37.0 Å². The second-order valence-corrected chi connectivity index (χ2v) is 6.36. The molecule has 1 aromatic heterocycles. The number of rotatable bonds is 7. The van der Waals surface area contributed by atoms with Gasteiger partial charge >= 0.3 is 0 Å². The third kappa shape index (κ3) is 5.28. The van der Waals surface area contributed by atoms with E-state index < -0.39 is 0 Å². The molecule has 25 heavy (non-hydrogen) atoms. The van der Waals surface area contributed by atoms with E-state index in [1.54, 1.807) is 13.4 Å². The van der Waals surface area contributed by atoms with Crippen molar-refractivity contribution in [1.82, 2.24) is 10.6 Å². The molecule has 0 bridgehead atoms. The van der Waals surface area contributed by atoms with Crippen LogP contribution in [0.2, 0.25) is 0 Å². The first kappa shape index (κ1) is 17.4. The number of ether oxygens (including phenoxy) is 1. The molecule has 5 nitrogen and oxygen atoms in total. The minimum absolute atomic E-state index is 0.521. The van der Waals surface area contributed by atoms with Gasteiger partial charge < -0.3 is 19.8 Å². The van der Waals surface area contributed by atoms with Gasteiger partial charge in [-0.2, -0.15) is 0 Å². The van der Waals surface area contributed by atoms with Crippen molar-refractivity contribution in [1.29, 1.82) is 0 Å². The van der Waals surface area contributed by atoms with E-state index in [0.29, 0.717) is 12.6 Å². The van der Waals surface area contributed by atoms with Gasteiger partial charge in [-0.1, -0.05) is 31.0 Å². The number of guanidine groups is 1. The van der Waals surface area contributed by atoms with Gasteiger partial charge in [0.15, 0.2) is 5.96 Å². The van der Waals surface area contributed by atoms with Gasteiger partial charge in [0.25, 0.3) is 0 Å². The molecule has 0 amide bonds. The lowest BCUT2D eigenvalue weighted by Crippen LogP contribution is -2.43. The molecule has 2 aromatic rings. The zero-order chi connectivity index (χ0) is 17.3. The molecular weight excluding hydrogens is 314 g/mol. The Hall–Kier alpha value is -2.43. The quantitative estimate of drug-likeness (QED) is 0.598. The van der Waals surface area contributed by atoms with Crippen LogP contribution < -0.4 is 15.4 Å². The van der Waals surface area contributed by atoms with E-state index in [1.165, 1.54) is 25.7 Å². The van der Waals surface area contributed by atoms with E-state index in [9.17, 15) is 0 Å². The number of furan rings is 1. The van der Waals surface area contributed by atoms with Gasteiger partial charge in [0, 0.05) is 24.6 Å². The average Bonchev–Trinajstić information content (AvgIpc) is 3.33. The lowest BCUT2D eigenvalue weighted by Gasteiger charge is -2.17. The predicted octanol–water partition coefficient (Wildman–Crippen LogP) is 3.51. The molecule has 0 spiro atoms. The van der Waals surface area contributed by atoms with Crippen molar-refractivity contribution >= 4 is 5.96 Å². The van der Waals surface area contributed by atoms with Crippen molar-refractivity contribution in [2.45, 2.75) is 44.7 Å². The summed E-state index contributed by atoms with van der Waals surface area (Å²) < 4.78 is 10.8. The maximum absolute atomic E-state index is 5.42. The number of hydrogen-bond acceptors (Lipinski definition) is 3. The summed E-state index contributed by atoms with van der Waals surface area (Å²) in [5, 5.41) is 7.00. The molecular formula is C20H27N3O2. The largest absolute Gasteiger partial charge is 0.496 e. The van der Waals surface area contributed by atoms with Gasteiger partial charge in [0.05, 0.1) is 19.9 Å². The summed E-state index contributed by atoms with van der Waals surface area (Å²) in [6.07, 6.45) is 7.57. The second kappa shape index (κ2) is 9.16. The Balaban J connectivity index is 1.61. The SMILES string of the molecule is COc1ccccc1CN=C(NCCc1ccco1)NC1CCCC1. The van der Waals surface area contributed by atoms with E-state index >= 15 is 0 Å². The highest BCUT2D eigenvalue weighted by atomic mass is 16.5. The molecule has 0 unspecified atom stereocenters. The minimum atomic E-state index is 0.521. The monoisotopic (exact) mass is 341 g/mol. The van der Waals surface area contributed by atoms with E-state index in [-0.39, 0.29) is 0 Å². The summed E-state index contributed by atoms with van der Waals surface area (Å²) in [5.41, 5.74) is 1.09. The van der Waals surface area contributed by atoms with Gasteiger partial charge in [-0.15, -0.1) is 0 Å². The Morgan fingerprint density at radius 3 is 2.80 bits per heavy atom. The molecule has 1 aromatic carbocycles. The molecule has 1 aliphatic rings. The molecule has 0 saturated heterocycles. The van der Waals surface area contributed by atoms with Crippen molar-refractivity contribution in [3.05, 3.63) is 54.0 Å². The van der Waals surface area contributed by atoms with Crippen molar-refractivity contribution in [3.8, 4) is 5.75 Å². The third-order valence-corrected chi connectivity index (χ3v) is 4.54. The van der Waals surface area contributed by atoms with Crippen LogP contribution in [-0.2, 0) is 13.0 Å². The van der Waals surface area contributed by atoms with Crippen molar-refractivity contribution in [2.24, 2.45) is 4.99 Å². The highest BCUT2D eigenvalue weighted by Gasteiger charge is 2.16. The lowest BCUT2D eigenvalue weighted by molar-refractivity contribution is 0.410. The first-order valence-corrected chi connectivity index (χ1v) is 9.04. The minimum Gasteiger partial charge on any atom is -0.496 e. The Labute approximate surface area is 149 Å². The number of hydrogen-bond donors (Lipinski definition) is 2. The third-order valence-electron chi connectivity index (χ3n) is 4.54. The summed E-state index contributed by atoms with van der Waals surface area (Å²) in [7, 11) is 1.70. The number of nitrogens with zero attached hydrogens (tertiary/aromatic N) is 1. The summed E-state index contributed by atoms with van der Waals surface area (Å²) in [6, 6.07) is 12.5. The zero-order valence-corrected chi connectivity index (χ0v) is 14.8. The summed E-state index contributed by atoms with van der Waals surface area (Å²) >= 11 is 0. The van der Waals surface area contributed by atoms with Crippen LogP contribution in [0.25, 0.3) is 0 Å². The molecule has 1 aliphatic carbocycles. The van der Waals surface area contributed by atoms with E-state index in [4.69, 9.17) is 14.1 Å². The first-order valence-electron chi connectivity index (χ1n) is 9.04. The normalized spacial score (nSPS) is 15.3. The van der Waals surface area contributed by atoms with Gasteiger partial charge in [0.2, 0.25) is 0 Å². The Bertz CT molecular complexity index is 661. The van der Waals surface area contributed by atoms with Gasteiger partial charge in [-0.25, -0.2) is 4.99 Å². The highest BCUT2D eigenvalue weighted by molar-refractivity contribution is 5.80. The second-order valence-electron chi connectivity index (χ2n) is 6.36. The maximum atomic E-state index is 5.42. The molecule has 0 aliphatic heterocycles. The Kier molecular flexibility index (Phi) is 6.37. The molecule has 134 valence electrons. The van der Waals surface area contributed by atoms with Crippen LogP contribution in [0.5, 0.6) is 5.75 Å². The van der Waals surface area contributed by atoms with E-state index in [2.05, 4.69) is 16.7 Å². The number of nitrogens with one attached hydrogen (secondary N) is 2. The predicted molar refractivity (Wildman–Crippen MR) is 99.9 cm³/mol. The molecule has 0 radical (unpaired) electrons. The van der Waals surface area contributed by atoms with Crippen LogP contribution in [0.3, 0.4) is 0 Å². The molecule has 1 heterocycles. The smallest absolute Gasteiger partial charge is 0.191 e. The van der Waals surface area contributed by atoms with E-state index in [0.717, 1.165) is 36.0 Å². The fourth-order valence-corrected chi connectivity index (χ4v) is 3.17. The van der Waals surface area contributed by atoms with Crippen molar-refractivity contribution in [3.63, 3.8) is 0 Å². The number of para-hydroxylation sites is 1. The van der Waals surface area contributed by atoms with Crippen LogP contribution in [-0.4, -0.2) is 25.7 Å². The Morgan fingerprint density at radius 2 is 2.04 bits per heavy atom. The average molecular weight is 341 g/mol. The molecule has 0 atom stereocenters. The summed E-state index contributed by atoms with van der Waals surface area (Å²) in [4.78, 5) is 4.77. The lowest BCUT2D eigenvalue weighted by atomic mass is 10.2.